The van der Waals surface area contributed by atoms with Crippen LogP contribution < -0.4 is 5.32 Å². The molecule has 1 aromatic carbocycles. The summed E-state index contributed by atoms with van der Waals surface area (Å²) >= 11 is 0. The number of rotatable bonds is 4. The van der Waals surface area contributed by atoms with Gasteiger partial charge >= 0.3 is 0 Å². The maximum Gasteiger partial charge on any atom is 0.253 e. The van der Waals surface area contributed by atoms with Crippen LogP contribution in [0, 0.1) is 13.8 Å². The first-order chi connectivity index (χ1) is 13.4. The Balaban J connectivity index is 1.61. The van der Waals surface area contributed by atoms with E-state index in [1.165, 1.54) is 0 Å². The summed E-state index contributed by atoms with van der Waals surface area (Å²) in [4.78, 5) is 29.5. The zero-order valence-electron chi connectivity index (χ0n) is 17.1. The van der Waals surface area contributed by atoms with Crippen LogP contribution in [0.25, 0.3) is 0 Å². The molecule has 3 rings (SSSR count). The Morgan fingerprint density at radius 2 is 1.79 bits per heavy atom. The molecule has 7 nitrogen and oxygen atoms in total. The smallest absolute Gasteiger partial charge is 0.253 e. The predicted molar refractivity (Wildman–Crippen MR) is 109 cm³/mol. The van der Waals surface area contributed by atoms with Crippen molar-refractivity contribution in [3.8, 4) is 0 Å². The van der Waals surface area contributed by atoms with E-state index in [9.17, 15) is 9.59 Å². The van der Waals surface area contributed by atoms with Crippen LogP contribution in [0.15, 0.2) is 30.3 Å². The lowest BCUT2D eigenvalue weighted by Gasteiger charge is -2.27. The average molecular weight is 383 g/mol. The molecular weight excluding hydrogens is 354 g/mol. The standard InChI is InChI=1S/C21H29N5O2/c1-15-19(16(2)24(4)23-15)22-20(27)17(3)25-11-8-12-26(14-13-25)21(28)18-9-6-5-7-10-18/h5-7,9-10,17H,8,11-14H2,1-4H3,(H,22,27). The number of benzene rings is 1. The van der Waals surface area contributed by atoms with Gasteiger partial charge in [-0.3, -0.25) is 19.2 Å². The normalized spacial score (nSPS) is 16.5. The lowest BCUT2D eigenvalue weighted by atomic mass is 10.2. The van der Waals surface area contributed by atoms with Crippen molar-refractivity contribution >= 4 is 17.5 Å². The highest BCUT2D eigenvalue weighted by Gasteiger charge is 2.27. The van der Waals surface area contributed by atoms with Gasteiger partial charge in [-0.05, 0) is 39.3 Å². The average Bonchev–Trinajstić information content (AvgIpc) is 2.89. The number of carbonyl (C=O) groups excluding carboxylic acids is 2. The molecule has 0 radical (unpaired) electrons. The highest BCUT2D eigenvalue weighted by atomic mass is 16.2. The number of aromatic nitrogens is 2. The van der Waals surface area contributed by atoms with Crippen molar-refractivity contribution in [1.82, 2.24) is 19.6 Å². The largest absolute Gasteiger partial charge is 0.337 e. The van der Waals surface area contributed by atoms with E-state index in [0.29, 0.717) is 25.2 Å². The Kier molecular flexibility index (Phi) is 6.14. The Morgan fingerprint density at radius 3 is 2.43 bits per heavy atom. The van der Waals surface area contributed by atoms with E-state index < -0.39 is 0 Å². The molecule has 1 N–H and O–H groups in total. The summed E-state index contributed by atoms with van der Waals surface area (Å²) < 4.78 is 1.77. The van der Waals surface area contributed by atoms with E-state index >= 15 is 0 Å². The second-order valence-corrected chi connectivity index (χ2v) is 7.38. The molecule has 1 aromatic heterocycles. The van der Waals surface area contributed by atoms with Gasteiger partial charge in [-0.15, -0.1) is 0 Å². The number of nitrogens with zero attached hydrogens (tertiary/aromatic N) is 4. The zero-order chi connectivity index (χ0) is 20.3. The van der Waals surface area contributed by atoms with Gasteiger partial charge in [0.25, 0.3) is 5.91 Å². The van der Waals surface area contributed by atoms with Gasteiger partial charge in [0.1, 0.15) is 0 Å². The molecule has 0 spiro atoms. The van der Waals surface area contributed by atoms with Gasteiger partial charge in [0, 0.05) is 38.8 Å². The molecule has 28 heavy (non-hydrogen) atoms. The molecule has 0 aliphatic carbocycles. The van der Waals surface area contributed by atoms with Crippen LogP contribution in [0.2, 0.25) is 0 Å². The van der Waals surface area contributed by atoms with Crippen LogP contribution in [-0.4, -0.2) is 63.6 Å². The summed E-state index contributed by atoms with van der Waals surface area (Å²) in [6, 6.07) is 9.09. The van der Waals surface area contributed by atoms with Crippen molar-refractivity contribution in [2.45, 2.75) is 33.2 Å². The molecule has 2 heterocycles. The van der Waals surface area contributed by atoms with Gasteiger partial charge in [0.2, 0.25) is 5.91 Å². The fraction of sp³-hybridized carbons (Fsp3) is 0.476. The summed E-state index contributed by atoms with van der Waals surface area (Å²) in [5.41, 5.74) is 3.25. The fourth-order valence-electron chi connectivity index (χ4n) is 3.64. The molecule has 150 valence electrons. The van der Waals surface area contributed by atoms with Crippen LogP contribution in [0.5, 0.6) is 0 Å². The number of carbonyl (C=O) groups is 2. The first kappa shape index (κ1) is 20.1. The van der Waals surface area contributed by atoms with E-state index in [0.717, 1.165) is 30.0 Å². The Morgan fingerprint density at radius 1 is 1.07 bits per heavy atom. The van der Waals surface area contributed by atoms with E-state index in [-0.39, 0.29) is 17.9 Å². The lowest BCUT2D eigenvalue weighted by Crippen LogP contribution is -2.44. The summed E-state index contributed by atoms with van der Waals surface area (Å²) in [6.07, 6.45) is 0.848. The van der Waals surface area contributed by atoms with Crippen LogP contribution in [-0.2, 0) is 11.8 Å². The van der Waals surface area contributed by atoms with Crippen molar-refractivity contribution < 1.29 is 9.59 Å². The third-order valence-electron chi connectivity index (χ3n) is 5.52. The lowest BCUT2D eigenvalue weighted by molar-refractivity contribution is -0.120. The molecule has 1 saturated heterocycles. The van der Waals surface area contributed by atoms with Gasteiger partial charge in [-0.2, -0.15) is 5.10 Å². The SMILES string of the molecule is Cc1nn(C)c(C)c1NC(=O)C(C)N1CCCN(C(=O)c2ccccc2)CC1. The number of anilines is 1. The Bertz CT molecular complexity index is 846. The second kappa shape index (κ2) is 8.56. The van der Waals surface area contributed by atoms with E-state index in [2.05, 4.69) is 15.3 Å². The van der Waals surface area contributed by atoms with Crippen molar-refractivity contribution in [1.29, 1.82) is 0 Å². The number of amides is 2. The fourth-order valence-corrected chi connectivity index (χ4v) is 3.64. The summed E-state index contributed by atoms with van der Waals surface area (Å²) in [7, 11) is 1.87. The van der Waals surface area contributed by atoms with E-state index in [1.54, 1.807) is 4.68 Å². The van der Waals surface area contributed by atoms with Crippen LogP contribution >= 0.6 is 0 Å². The van der Waals surface area contributed by atoms with Crippen molar-refractivity contribution in [2.75, 3.05) is 31.5 Å². The van der Waals surface area contributed by atoms with E-state index in [4.69, 9.17) is 0 Å². The van der Waals surface area contributed by atoms with Crippen molar-refractivity contribution in [3.05, 3.63) is 47.3 Å². The van der Waals surface area contributed by atoms with Crippen molar-refractivity contribution in [3.63, 3.8) is 0 Å². The second-order valence-electron chi connectivity index (χ2n) is 7.38. The third kappa shape index (κ3) is 4.25. The van der Waals surface area contributed by atoms with Crippen LogP contribution in [0.1, 0.15) is 35.1 Å². The van der Waals surface area contributed by atoms with Crippen LogP contribution in [0.3, 0.4) is 0 Å². The quantitative estimate of drug-likeness (QED) is 0.879. The zero-order valence-corrected chi connectivity index (χ0v) is 17.1. The molecule has 1 fully saturated rings. The minimum atomic E-state index is -0.272. The van der Waals surface area contributed by atoms with Gasteiger partial charge < -0.3 is 10.2 Å². The molecule has 2 aromatic rings. The molecule has 7 heteroatoms. The molecule has 0 bridgehead atoms. The highest BCUT2D eigenvalue weighted by Crippen LogP contribution is 2.19. The highest BCUT2D eigenvalue weighted by molar-refractivity contribution is 5.96. The Labute approximate surface area is 166 Å². The molecule has 1 aliphatic heterocycles. The molecule has 1 aliphatic rings. The Hall–Kier alpha value is -2.67. The van der Waals surface area contributed by atoms with E-state index in [1.807, 2.05) is 63.1 Å². The minimum absolute atomic E-state index is 0.0398. The maximum absolute atomic E-state index is 12.8. The molecular formula is C21H29N5O2. The monoisotopic (exact) mass is 383 g/mol. The molecule has 0 saturated carbocycles. The minimum Gasteiger partial charge on any atom is -0.337 e. The number of aryl methyl sites for hydroxylation is 2. The van der Waals surface area contributed by atoms with Crippen molar-refractivity contribution in [2.24, 2.45) is 7.05 Å². The van der Waals surface area contributed by atoms with Gasteiger partial charge in [0.05, 0.1) is 23.1 Å². The van der Waals surface area contributed by atoms with Crippen LogP contribution in [0.4, 0.5) is 5.69 Å². The summed E-state index contributed by atoms with van der Waals surface area (Å²) in [5, 5.41) is 7.38. The van der Waals surface area contributed by atoms with Gasteiger partial charge in [-0.25, -0.2) is 0 Å². The number of hydrogen-bond acceptors (Lipinski definition) is 4. The predicted octanol–water partition coefficient (Wildman–Crippen LogP) is 2.21. The number of hydrogen-bond donors (Lipinski definition) is 1. The third-order valence-corrected chi connectivity index (χ3v) is 5.52. The molecule has 1 unspecified atom stereocenters. The first-order valence-electron chi connectivity index (χ1n) is 9.78. The summed E-state index contributed by atoms with van der Waals surface area (Å²) in [6.45, 7) is 8.56. The first-order valence-corrected chi connectivity index (χ1v) is 9.78. The summed E-state index contributed by atoms with van der Waals surface area (Å²) in [5.74, 6) is 0.0169. The molecule has 2 amide bonds. The van der Waals surface area contributed by atoms with Gasteiger partial charge in [0.15, 0.2) is 0 Å². The molecule has 1 atom stereocenters. The van der Waals surface area contributed by atoms with Gasteiger partial charge in [-0.1, -0.05) is 18.2 Å². The maximum atomic E-state index is 12.8. The number of nitrogens with one attached hydrogen (secondary N) is 1. The topological polar surface area (TPSA) is 70.5 Å².